The summed E-state index contributed by atoms with van der Waals surface area (Å²) in [4.78, 5) is 99.4. The highest BCUT2D eigenvalue weighted by Gasteiger charge is 2.39. The van der Waals surface area contributed by atoms with E-state index >= 15 is 0 Å². The lowest BCUT2D eigenvalue weighted by molar-refractivity contribution is -0.150. The second-order valence-corrected chi connectivity index (χ2v) is 19.0. The number of thiazole rings is 1. The zero-order chi connectivity index (χ0) is 49.2. The number of carbonyl (C=O) groups is 7. The predicted octanol–water partition coefficient (Wildman–Crippen LogP) is 4.53. The Morgan fingerprint density at radius 3 is 2.29 bits per heavy atom. The number of methoxy groups -OCH3 is 1. The second kappa shape index (κ2) is 26.9. The molecule has 1 aromatic carbocycles. The maximum absolute atomic E-state index is 14.6. The Morgan fingerprint density at radius 1 is 1.02 bits per heavy atom. The maximum Gasteiger partial charge on any atom is 0.312 e. The van der Waals surface area contributed by atoms with Gasteiger partial charge in [-0.05, 0) is 94.5 Å². The molecular weight excluding hydrogens is 867 g/mol. The first-order valence-electron chi connectivity index (χ1n) is 23.2. The number of likely N-dealkylation sites (tertiary alicyclic amines) is 1. The largest absolute Gasteiger partial charge is 0.469 e. The summed E-state index contributed by atoms with van der Waals surface area (Å²) in [5, 5.41) is 13.4. The molecule has 66 heavy (non-hydrogen) atoms. The summed E-state index contributed by atoms with van der Waals surface area (Å²) in [6.07, 6.45) is 3.10. The number of anilines is 1. The van der Waals surface area contributed by atoms with Crippen molar-refractivity contribution in [1.82, 2.24) is 30.7 Å². The number of aromatic nitrogens is 1. The monoisotopic (exact) mass is 942 g/mol. The molecule has 0 saturated carbocycles. The molecule has 8 N–H and O–H groups in total. The van der Waals surface area contributed by atoms with Crippen LogP contribution in [0, 0.1) is 23.7 Å². The van der Waals surface area contributed by atoms with E-state index in [9.17, 15) is 33.6 Å². The molecule has 1 fully saturated rings. The van der Waals surface area contributed by atoms with Crippen LogP contribution >= 0.6 is 11.3 Å². The number of benzene rings is 1. The minimum absolute atomic E-state index is 0.0860. The Hall–Kier alpha value is -5.14. The summed E-state index contributed by atoms with van der Waals surface area (Å²) in [5.74, 6) is -2.61. The number of nitrogens with two attached hydrogens (primary N) is 2. The number of nitrogens with one attached hydrogen (secondary N) is 4. The number of esters is 2. The van der Waals surface area contributed by atoms with Gasteiger partial charge in [0.2, 0.25) is 17.7 Å². The molecule has 19 heteroatoms. The predicted molar refractivity (Wildman–Crippen MR) is 254 cm³/mol. The zero-order valence-electron chi connectivity index (χ0n) is 40.5. The standard InChI is InChI=1S/C47H75N9O9S/c1-11-29(6)40(54-43(60)38-22-28(5)19-21-55(38)9)45(61)56(12-2)37(27(3)4)25-39(65-31(8)57)44-53-36(26-66-44)42(59)52-34(23-30(7)46(62)64-10)24-32-15-17-33(18-16-32)51-41(58)35(48)14-13-20-50-47(49)63/h15-18,26-30,34-35,37-40H,11-14,19-25,48H2,1-10H3,(H,51,58)(H,52,59)(H,54,60)(H3,49,50,63)/t28-,29+,30+,34-,35+,37-,38-,39-,40+/m1/s1. The lowest BCUT2D eigenvalue weighted by Crippen LogP contribution is -2.59. The molecule has 0 radical (unpaired) electrons. The molecule has 0 bridgehead atoms. The van der Waals surface area contributed by atoms with Gasteiger partial charge in [-0.25, -0.2) is 9.78 Å². The second-order valence-electron chi connectivity index (χ2n) is 18.1. The maximum atomic E-state index is 14.6. The summed E-state index contributed by atoms with van der Waals surface area (Å²) < 4.78 is 10.8. The van der Waals surface area contributed by atoms with Crippen LogP contribution in [-0.4, -0.2) is 120 Å². The van der Waals surface area contributed by atoms with Crippen molar-refractivity contribution in [3.8, 4) is 0 Å². The molecule has 1 aliphatic rings. The van der Waals surface area contributed by atoms with E-state index in [0.29, 0.717) is 55.4 Å². The first-order valence-corrected chi connectivity index (χ1v) is 24.1. The molecule has 2 aromatic rings. The van der Waals surface area contributed by atoms with Crippen molar-refractivity contribution in [3.63, 3.8) is 0 Å². The van der Waals surface area contributed by atoms with Crippen molar-refractivity contribution < 1.29 is 43.0 Å². The van der Waals surface area contributed by atoms with Crippen LogP contribution in [0.4, 0.5) is 10.5 Å². The van der Waals surface area contributed by atoms with Crippen LogP contribution < -0.4 is 32.7 Å². The highest BCUT2D eigenvalue weighted by atomic mass is 32.1. The normalized spacial score (nSPS) is 18.4. The molecule has 1 saturated heterocycles. The van der Waals surface area contributed by atoms with Crippen LogP contribution in [0.15, 0.2) is 29.6 Å². The third kappa shape index (κ3) is 16.9. The SMILES string of the molecule is CC[C@H](C)[C@H](NC(=O)[C@H]1C[C@H](C)CCN1C)C(=O)N(CC)[C@H](C[C@@H](OC(C)=O)c1nc(C(=O)N[C@@H](Cc2ccc(NC(=O)[C@@H](N)CCCNC(N)=O)cc2)C[C@H](C)C(=O)OC)cs1)C(C)C. The summed E-state index contributed by atoms with van der Waals surface area (Å²) in [7, 11) is 3.25. The summed E-state index contributed by atoms with van der Waals surface area (Å²) >= 11 is 1.16. The summed E-state index contributed by atoms with van der Waals surface area (Å²) in [6.45, 7) is 16.5. The highest BCUT2D eigenvalue weighted by molar-refractivity contribution is 7.09. The molecular formula is C47H75N9O9S. The van der Waals surface area contributed by atoms with E-state index in [2.05, 4.69) is 38.1 Å². The van der Waals surface area contributed by atoms with E-state index in [4.69, 9.17) is 20.9 Å². The number of piperidine rings is 1. The number of carbonyl (C=O) groups excluding carboxylic acids is 7. The van der Waals surface area contributed by atoms with Gasteiger partial charge in [-0.15, -0.1) is 11.3 Å². The third-order valence-electron chi connectivity index (χ3n) is 12.4. The van der Waals surface area contributed by atoms with E-state index in [1.165, 1.54) is 14.0 Å². The first-order chi connectivity index (χ1) is 31.2. The van der Waals surface area contributed by atoms with Crippen LogP contribution in [0.2, 0.25) is 0 Å². The Kier molecular flexibility index (Phi) is 22.5. The molecule has 9 atom stereocenters. The van der Waals surface area contributed by atoms with Crippen molar-refractivity contribution >= 4 is 58.6 Å². The van der Waals surface area contributed by atoms with E-state index in [1.807, 2.05) is 41.7 Å². The van der Waals surface area contributed by atoms with Gasteiger partial charge in [0.1, 0.15) is 16.7 Å². The molecule has 6 amide bonds. The van der Waals surface area contributed by atoms with Crippen LogP contribution in [0.3, 0.4) is 0 Å². The fourth-order valence-corrected chi connectivity index (χ4v) is 9.07. The lowest BCUT2D eigenvalue weighted by Gasteiger charge is -2.40. The van der Waals surface area contributed by atoms with Gasteiger partial charge in [0, 0.05) is 49.6 Å². The fourth-order valence-electron chi connectivity index (χ4n) is 8.23. The average molecular weight is 942 g/mol. The van der Waals surface area contributed by atoms with Gasteiger partial charge in [0.05, 0.1) is 25.1 Å². The van der Waals surface area contributed by atoms with Crippen molar-refractivity contribution in [2.45, 2.75) is 143 Å². The minimum atomic E-state index is -0.889. The number of primary amides is 1. The van der Waals surface area contributed by atoms with Crippen molar-refractivity contribution in [1.29, 1.82) is 0 Å². The molecule has 1 aromatic heterocycles. The molecule has 1 aliphatic heterocycles. The molecule has 3 rings (SSSR count). The average Bonchev–Trinajstić information content (AvgIpc) is 3.77. The smallest absolute Gasteiger partial charge is 0.312 e. The zero-order valence-corrected chi connectivity index (χ0v) is 41.3. The number of ether oxygens (including phenoxy) is 2. The number of likely N-dealkylation sites (N-methyl/N-ethyl adjacent to an activating group) is 2. The number of urea groups is 1. The van der Waals surface area contributed by atoms with Crippen LogP contribution in [-0.2, 0) is 39.9 Å². The van der Waals surface area contributed by atoms with E-state index < -0.39 is 60.1 Å². The lowest BCUT2D eigenvalue weighted by atomic mass is 9.90. The number of nitrogens with zero attached hydrogens (tertiary/aromatic N) is 3. The van der Waals surface area contributed by atoms with Gasteiger partial charge in [-0.3, -0.25) is 33.7 Å². The van der Waals surface area contributed by atoms with Crippen molar-refractivity contribution in [3.05, 3.63) is 45.9 Å². The minimum Gasteiger partial charge on any atom is -0.469 e. The van der Waals surface area contributed by atoms with Crippen molar-refractivity contribution in [2.24, 2.45) is 35.1 Å². The Bertz CT molecular complexity index is 1930. The molecule has 0 unspecified atom stereocenters. The van der Waals surface area contributed by atoms with Gasteiger partial charge < -0.3 is 47.1 Å². The highest BCUT2D eigenvalue weighted by Crippen LogP contribution is 2.32. The quantitative estimate of drug-likeness (QED) is 0.0593. The van der Waals surface area contributed by atoms with Crippen molar-refractivity contribution in [2.75, 3.05) is 39.1 Å². The summed E-state index contributed by atoms with van der Waals surface area (Å²) in [6, 6.07) is 3.54. The van der Waals surface area contributed by atoms with Crippen LogP contribution in [0.5, 0.6) is 0 Å². The van der Waals surface area contributed by atoms with Gasteiger partial charge in [0.15, 0.2) is 6.10 Å². The summed E-state index contributed by atoms with van der Waals surface area (Å²) in [5.41, 5.74) is 12.5. The van der Waals surface area contributed by atoms with Gasteiger partial charge >= 0.3 is 18.0 Å². The van der Waals surface area contributed by atoms with E-state index in [-0.39, 0.29) is 54.1 Å². The molecule has 18 nitrogen and oxygen atoms in total. The van der Waals surface area contributed by atoms with E-state index in [1.54, 1.807) is 41.5 Å². The number of amides is 6. The molecule has 0 spiro atoms. The number of rotatable bonds is 25. The Morgan fingerprint density at radius 2 is 1.70 bits per heavy atom. The third-order valence-corrected chi connectivity index (χ3v) is 13.3. The van der Waals surface area contributed by atoms with Gasteiger partial charge in [0.25, 0.3) is 5.91 Å². The van der Waals surface area contributed by atoms with Gasteiger partial charge in [-0.1, -0.05) is 60.1 Å². The molecule has 0 aliphatic carbocycles. The van der Waals surface area contributed by atoms with E-state index in [0.717, 1.165) is 36.3 Å². The van der Waals surface area contributed by atoms with Gasteiger partial charge in [-0.2, -0.15) is 0 Å². The Balaban J connectivity index is 1.81. The van der Waals surface area contributed by atoms with Crippen LogP contribution in [0.1, 0.15) is 127 Å². The van der Waals surface area contributed by atoms with Crippen LogP contribution in [0.25, 0.3) is 0 Å². The first kappa shape index (κ1) is 55.2. The fraction of sp³-hybridized carbons (Fsp3) is 0.660. The Labute approximate surface area is 394 Å². The topological polar surface area (TPSA) is 257 Å². The molecule has 2 heterocycles. The number of hydrogen-bond donors (Lipinski definition) is 6. The molecule has 368 valence electrons. The number of hydrogen-bond acceptors (Lipinski definition) is 13.